The molecule has 0 heterocycles. The average molecular weight is 266 g/mol. The Balaban J connectivity index is 2.98. The fraction of sp³-hybridized carbons (Fsp3) is 0.417. The van der Waals surface area contributed by atoms with Gasteiger partial charge in [-0.2, -0.15) is 0 Å². The lowest BCUT2D eigenvalue weighted by atomic mass is 10.1. The van der Waals surface area contributed by atoms with Gasteiger partial charge in [0.1, 0.15) is 5.69 Å². The first kappa shape index (κ1) is 14.9. The van der Waals surface area contributed by atoms with Gasteiger partial charge in [0.2, 0.25) is 5.91 Å². The molecule has 1 rings (SSSR count). The number of benzene rings is 1. The predicted octanol–water partition coefficient (Wildman–Crippen LogP) is 1.06. The predicted molar refractivity (Wildman–Crippen MR) is 73.3 cm³/mol. The van der Waals surface area contributed by atoms with Crippen molar-refractivity contribution in [2.45, 2.75) is 13.0 Å². The first-order valence-corrected chi connectivity index (χ1v) is 5.81. The second-order valence-electron chi connectivity index (χ2n) is 4.55. The Morgan fingerprint density at radius 3 is 2.63 bits per heavy atom. The van der Waals surface area contributed by atoms with Gasteiger partial charge in [-0.15, -0.1) is 0 Å². The molecule has 0 radical (unpaired) electrons. The standard InChI is InChI=1S/C12H18N4O3/c1-8(15(2)3)7-14-10-6-9(12(13)17)4-5-11(10)16(18)19/h4-6,8,14H,7H2,1-3H3,(H2,13,17). The number of likely N-dealkylation sites (N-methyl/N-ethyl adjacent to an activating group) is 1. The molecule has 1 aromatic carbocycles. The molecule has 0 aliphatic heterocycles. The third kappa shape index (κ3) is 3.92. The van der Waals surface area contributed by atoms with E-state index in [4.69, 9.17) is 5.73 Å². The summed E-state index contributed by atoms with van der Waals surface area (Å²) in [6.45, 7) is 2.51. The molecule has 1 aromatic rings. The minimum Gasteiger partial charge on any atom is -0.378 e. The summed E-state index contributed by atoms with van der Waals surface area (Å²) in [5.74, 6) is -0.612. The number of nitrogens with one attached hydrogen (secondary N) is 1. The number of nitrogens with zero attached hydrogens (tertiary/aromatic N) is 2. The maximum atomic E-state index is 11.1. The number of hydrogen-bond acceptors (Lipinski definition) is 5. The molecule has 0 aliphatic carbocycles. The second kappa shape index (κ2) is 6.14. The van der Waals surface area contributed by atoms with Crippen LogP contribution in [-0.4, -0.2) is 42.4 Å². The number of nitro benzene ring substituents is 1. The van der Waals surface area contributed by atoms with Crippen LogP contribution in [0.25, 0.3) is 0 Å². The van der Waals surface area contributed by atoms with Gasteiger partial charge >= 0.3 is 0 Å². The number of nitro groups is 1. The van der Waals surface area contributed by atoms with Crippen molar-refractivity contribution in [3.8, 4) is 0 Å². The largest absolute Gasteiger partial charge is 0.378 e. The molecule has 0 aromatic heterocycles. The zero-order chi connectivity index (χ0) is 14.6. The van der Waals surface area contributed by atoms with Gasteiger partial charge in [-0.1, -0.05) is 0 Å². The van der Waals surface area contributed by atoms with Crippen molar-refractivity contribution >= 4 is 17.3 Å². The van der Waals surface area contributed by atoms with Gasteiger partial charge < -0.3 is 16.0 Å². The number of nitrogens with two attached hydrogens (primary N) is 1. The maximum absolute atomic E-state index is 11.1. The summed E-state index contributed by atoms with van der Waals surface area (Å²) in [7, 11) is 3.83. The Hall–Kier alpha value is -2.15. The van der Waals surface area contributed by atoms with Crippen LogP contribution in [-0.2, 0) is 0 Å². The number of rotatable bonds is 6. The molecule has 1 amide bonds. The topological polar surface area (TPSA) is 101 Å². The molecule has 7 nitrogen and oxygen atoms in total. The molecular formula is C12H18N4O3. The third-order valence-electron chi connectivity index (χ3n) is 2.95. The van der Waals surface area contributed by atoms with Crippen molar-refractivity contribution in [2.75, 3.05) is 26.0 Å². The Morgan fingerprint density at radius 1 is 1.53 bits per heavy atom. The van der Waals surface area contributed by atoms with Crippen molar-refractivity contribution in [3.05, 3.63) is 33.9 Å². The molecule has 0 saturated carbocycles. The number of hydrogen-bond donors (Lipinski definition) is 2. The summed E-state index contributed by atoms with van der Waals surface area (Å²) in [4.78, 5) is 23.5. The molecule has 19 heavy (non-hydrogen) atoms. The number of primary amides is 1. The zero-order valence-corrected chi connectivity index (χ0v) is 11.2. The fourth-order valence-corrected chi connectivity index (χ4v) is 1.43. The minimum atomic E-state index is -0.612. The lowest BCUT2D eigenvalue weighted by molar-refractivity contribution is -0.384. The van der Waals surface area contributed by atoms with Crippen LogP contribution < -0.4 is 11.1 Å². The minimum absolute atomic E-state index is 0.0732. The molecule has 7 heteroatoms. The molecule has 0 fully saturated rings. The summed E-state index contributed by atoms with van der Waals surface area (Å²) in [6.07, 6.45) is 0. The first-order chi connectivity index (χ1) is 8.82. The Labute approximate surface area is 111 Å². The molecule has 1 atom stereocenters. The van der Waals surface area contributed by atoms with Crippen molar-refractivity contribution in [3.63, 3.8) is 0 Å². The van der Waals surface area contributed by atoms with Crippen molar-refractivity contribution in [2.24, 2.45) is 5.73 Å². The highest BCUT2D eigenvalue weighted by molar-refractivity contribution is 5.94. The maximum Gasteiger partial charge on any atom is 0.292 e. The van der Waals surface area contributed by atoms with E-state index >= 15 is 0 Å². The van der Waals surface area contributed by atoms with E-state index in [1.807, 2.05) is 25.9 Å². The molecule has 0 saturated heterocycles. The Bertz CT molecular complexity index is 488. The zero-order valence-electron chi connectivity index (χ0n) is 11.2. The van der Waals surface area contributed by atoms with Crippen LogP contribution in [0.15, 0.2) is 18.2 Å². The lowest BCUT2D eigenvalue weighted by Crippen LogP contribution is -2.31. The molecular weight excluding hydrogens is 248 g/mol. The molecule has 0 bridgehead atoms. The summed E-state index contributed by atoms with van der Waals surface area (Å²) in [6, 6.07) is 4.23. The number of amides is 1. The van der Waals surface area contributed by atoms with Gasteiger partial charge in [-0.25, -0.2) is 0 Å². The summed E-state index contributed by atoms with van der Waals surface area (Å²) >= 11 is 0. The fourth-order valence-electron chi connectivity index (χ4n) is 1.43. The third-order valence-corrected chi connectivity index (χ3v) is 2.95. The van der Waals surface area contributed by atoms with Crippen LogP contribution in [0.5, 0.6) is 0 Å². The number of carbonyl (C=O) groups is 1. The average Bonchev–Trinajstić information content (AvgIpc) is 2.34. The highest BCUT2D eigenvalue weighted by Gasteiger charge is 2.16. The van der Waals surface area contributed by atoms with Crippen LogP contribution in [0.3, 0.4) is 0 Å². The number of anilines is 1. The van der Waals surface area contributed by atoms with Gasteiger partial charge in [0, 0.05) is 24.2 Å². The van der Waals surface area contributed by atoms with E-state index in [1.165, 1.54) is 18.2 Å². The Kier molecular flexibility index (Phi) is 4.82. The van der Waals surface area contributed by atoms with Gasteiger partial charge in [-0.05, 0) is 33.2 Å². The van der Waals surface area contributed by atoms with Crippen LogP contribution in [0, 0.1) is 10.1 Å². The van der Waals surface area contributed by atoms with Crippen molar-refractivity contribution < 1.29 is 9.72 Å². The van der Waals surface area contributed by atoms with E-state index < -0.39 is 10.8 Å². The van der Waals surface area contributed by atoms with Gasteiger partial charge in [0.25, 0.3) is 5.69 Å². The highest BCUT2D eigenvalue weighted by Crippen LogP contribution is 2.25. The van der Waals surface area contributed by atoms with Crippen LogP contribution >= 0.6 is 0 Å². The van der Waals surface area contributed by atoms with E-state index in [9.17, 15) is 14.9 Å². The second-order valence-corrected chi connectivity index (χ2v) is 4.55. The van der Waals surface area contributed by atoms with Crippen molar-refractivity contribution in [1.82, 2.24) is 4.90 Å². The van der Waals surface area contributed by atoms with Crippen LogP contribution in [0.1, 0.15) is 17.3 Å². The van der Waals surface area contributed by atoms with Crippen LogP contribution in [0.4, 0.5) is 11.4 Å². The SMILES string of the molecule is CC(CNc1cc(C(N)=O)ccc1[N+](=O)[O-])N(C)C. The molecule has 104 valence electrons. The van der Waals surface area contributed by atoms with Gasteiger partial charge in [-0.3, -0.25) is 14.9 Å². The van der Waals surface area contributed by atoms with Crippen molar-refractivity contribution in [1.29, 1.82) is 0 Å². The molecule has 0 aliphatic rings. The van der Waals surface area contributed by atoms with E-state index in [2.05, 4.69) is 5.32 Å². The Morgan fingerprint density at radius 2 is 2.16 bits per heavy atom. The van der Waals surface area contributed by atoms with E-state index in [1.54, 1.807) is 0 Å². The summed E-state index contributed by atoms with van der Waals surface area (Å²) < 4.78 is 0. The lowest BCUT2D eigenvalue weighted by Gasteiger charge is -2.20. The summed E-state index contributed by atoms with van der Waals surface area (Å²) in [5.41, 5.74) is 5.64. The monoisotopic (exact) mass is 266 g/mol. The van der Waals surface area contributed by atoms with E-state index in [-0.39, 0.29) is 17.3 Å². The summed E-state index contributed by atoms with van der Waals surface area (Å²) in [5, 5.41) is 13.9. The smallest absolute Gasteiger partial charge is 0.292 e. The normalized spacial score (nSPS) is 12.2. The van der Waals surface area contributed by atoms with E-state index in [0.29, 0.717) is 12.2 Å². The molecule has 0 spiro atoms. The molecule has 3 N–H and O–H groups in total. The van der Waals surface area contributed by atoms with Crippen LogP contribution in [0.2, 0.25) is 0 Å². The van der Waals surface area contributed by atoms with Gasteiger partial charge in [0.15, 0.2) is 0 Å². The number of carbonyl (C=O) groups excluding carboxylic acids is 1. The molecule has 1 unspecified atom stereocenters. The quantitative estimate of drug-likeness (QED) is 0.592. The van der Waals surface area contributed by atoms with Gasteiger partial charge in [0.05, 0.1) is 4.92 Å². The first-order valence-electron chi connectivity index (χ1n) is 5.81. The highest BCUT2D eigenvalue weighted by atomic mass is 16.6. The van der Waals surface area contributed by atoms with E-state index in [0.717, 1.165) is 0 Å².